The Kier molecular flexibility index (Phi) is 12.9. The van der Waals surface area contributed by atoms with Crippen LogP contribution >= 0.6 is 0 Å². The van der Waals surface area contributed by atoms with Crippen molar-refractivity contribution < 1.29 is 8.83 Å². The van der Waals surface area contributed by atoms with Crippen molar-refractivity contribution >= 4 is 65.4 Å². The minimum Gasteiger partial charge on any atom is -0.456 e. The van der Waals surface area contributed by atoms with Gasteiger partial charge < -0.3 is 8.83 Å². The van der Waals surface area contributed by atoms with Gasteiger partial charge in [-0.25, -0.2) is 0 Å². The third-order valence-corrected chi connectivity index (χ3v) is 11.7. The average molecular weight is 695 g/mol. The topological polar surface area (TPSA) is 26.3 Å². The van der Waals surface area contributed by atoms with Gasteiger partial charge in [0.2, 0.25) is 0 Å². The maximum Gasteiger partial charge on any atom is 0.136 e. The molecule has 2 nitrogen and oxygen atoms in total. The van der Waals surface area contributed by atoms with E-state index in [0.717, 1.165) is 56.7 Å². The molecule has 2 aromatic heterocycles. The summed E-state index contributed by atoms with van der Waals surface area (Å²) in [6, 6.07) is 27.5. The average Bonchev–Trinajstić information content (AvgIpc) is 3.68. The van der Waals surface area contributed by atoms with Crippen LogP contribution in [-0.2, 0) is 12.8 Å². The van der Waals surface area contributed by atoms with Crippen LogP contribution < -0.4 is 0 Å². The molecular weight excluding hydrogens is 633 g/mol. The van der Waals surface area contributed by atoms with Gasteiger partial charge in [0.25, 0.3) is 0 Å². The lowest BCUT2D eigenvalue weighted by Crippen LogP contribution is -1.87. The molecule has 0 fully saturated rings. The van der Waals surface area contributed by atoms with Crippen molar-refractivity contribution in [2.45, 2.75) is 155 Å². The summed E-state index contributed by atoms with van der Waals surface area (Å²) in [6.45, 7) is 4.59. The van der Waals surface area contributed by atoms with E-state index in [9.17, 15) is 0 Å². The van der Waals surface area contributed by atoms with Crippen LogP contribution in [0.1, 0.15) is 153 Å². The zero-order valence-corrected chi connectivity index (χ0v) is 32.3. The van der Waals surface area contributed by atoms with E-state index in [1.54, 1.807) is 0 Å². The van der Waals surface area contributed by atoms with Gasteiger partial charge in [-0.2, -0.15) is 0 Å². The van der Waals surface area contributed by atoms with E-state index in [4.69, 9.17) is 8.83 Å². The number of rotatable bonds is 22. The fourth-order valence-electron chi connectivity index (χ4n) is 8.57. The van der Waals surface area contributed by atoms with Crippen molar-refractivity contribution in [3.05, 3.63) is 83.9 Å². The second-order valence-electron chi connectivity index (χ2n) is 16.0. The van der Waals surface area contributed by atoms with E-state index >= 15 is 0 Å². The zero-order valence-electron chi connectivity index (χ0n) is 32.3. The second-order valence-corrected chi connectivity index (χ2v) is 16.0. The van der Waals surface area contributed by atoms with Crippen molar-refractivity contribution in [2.75, 3.05) is 0 Å². The summed E-state index contributed by atoms with van der Waals surface area (Å²) < 4.78 is 13.1. The molecule has 0 aliphatic rings. The highest BCUT2D eigenvalue weighted by Crippen LogP contribution is 2.39. The number of fused-ring (bicyclic) bond motifs is 8. The van der Waals surface area contributed by atoms with Gasteiger partial charge in [0, 0.05) is 21.5 Å². The number of furan rings is 2. The SMILES string of the molecule is CCCCCCCCCCCCc1ccc2cc3c(cc2c1)oc1cc2c(cc13)oc1cc3cc(CCCCCCCCCCCC)ccc3cc12. The van der Waals surface area contributed by atoms with E-state index < -0.39 is 0 Å². The van der Waals surface area contributed by atoms with Gasteiger partial charge in [-0.05, 0) is 94.8 Å². The minimum atomic E-state index is 0.929. The van der Waals surface area contributed by atoms with Crippen LogP contribution in [0.15, 0.2) is 81.6 Å². The summed E-state index contributed by atoms with van der Waals surface area (Å²) in [6.07, 6.45) is 29.9. The van der Waals surface area contributed by atoms with Crippen molar-refractivity contribution in [1.82, 2.24) is 0 Å². The summed E-state index contributed by atoms with van der Waals surface area (Å²) >= 11 is 0. The van der Waals surface area contributed by atoms with Gasteiger partial charge in [-0.1, -0.05) is 166 Å². The van der Waals surface area contributed by atoms with E-state index in [1.807, 2.05) is 0 Å². The Morgan fingerprint density at radius 2 is 0.635 bits per heavy atom. The third kappa shape index (κ3) is 9.05. The quantitative estimate of drug-likeness (QED) is 0.0660. The zero-order chi connectivity index (χ0) is 35.5. The number of hydrogen-bond acceptors (Lipinski definition) is 2. The van der Waals surface area contributed by atoms with Gasteiger partial charge in [0.15, 0.2) is 0 Å². The monoisotopic (exact) mass is 694 g/mol. The van der Waals surface area contributed by atoms with Gasteiger partial charge >= 0.3 is 0 Å². The minimum absolute atomic E-state index is 0.929. The van der Waals surface area contributed by atoms with E-state index in [-0.39, 0.29) is 0 Å². The fourth-order valence-corrected chi connectivity index (χ4v) is 8.57. The molecule has 52 heavy (non-hydrogen) atoms. The fraction of sp³-hybridized carbons (Fsp3) is 0.480. The summed E-state index contributed by atoms with van der Waals surface area (Å²) in [5.41, 5.74) is 6.64. The van der Waals surface area contributed by atoms with Gasteiger partial charge in [0.1, 0.15) is 22.3 Å². The smallest absolute Gasteiger partial charge is 0.136 e. The molecule has 0 spiro atoms. The Morgan fingerprint density at radius 1 is 0.308 bits per heavy atom. The van der Waals surface area contributed by atoms with Crippen LogP contribution in [0.2, 0.25) is 0 Å². The molecule has 2 heterocycles. The second kappa shape index (κ2) is 18.3. The molecule has 0 atom stereocenters. The lowest BCUT2D eigenvalue weighted by Gasteiger charge is -2.05. The Balaban J connectivity index is 0.987. The lowest BCUT2D eigenvalue weighted by molar-refractivity contribution is 0.556. The van der Waals surface area contributed by atoms with Crippen LogP contribution in [0.3, 0.4) is 0 Å². The van der Waals surface area contributed by atoms with Crippen LogP contribution in [0.4, 0.5) is 0 Å². The third-order valence-electron chi connectivity index (χ3n) is 11.7. The molecule has 274 valence electrons. The summed E-state index contributed by atoms with van der Waals surface area (Å²) in [7, 11) is 0. The van der Waals surface area contributed by atoms with E-state index in [1.165, 1.54) is 161 Å². The van der Waals surface area contributed by atoms with Crippen molar-refractivity contribution in [3.63, 3.8) is 0 Å². The number of hydrogen-bond donors (Lipinski definition) is 0. The number of benzene rings is 5. The molecule has 0 saturated carbocycles. The maximum atomic E-state index is 6.54. The number of unbranched alkanes of at least 4 members (excludes halogenated alkanes) is 18. The Hall–Kier alpha value is -3.78. The molecule has 2 heteroatoms. The Labute approximate surface area is 312 Å². The summed E-state index contributed by atoms with van der Waals surface area (Å²) in [5, 5.41) is 9.65. The highest BCUT2D eigenvalue weighted by Gasteiger charge is 2.15. The molecule has 0 radical (unpaired) electrons. The van der Waals surface area contributed by atoms with Gasteiger partial charge in [0.05, 0.1) is 0 Å². The Morgan fingerprint density at radius 3 is 1.02 bits per heavy atom. The van der Waals surface area contributed by atoms with Gasteiger partial charge in [-0.3, -0.25) is 0 Å². The first-order valence-electron chi connectivity index (χ1n) is 21.4. The summed E-state index contributed by atoms with van der Waals surface area (Å²) in [5.74, 6) is 0. The van der Waals surface area contributed by atoms with Crippen LogP contribution in [-0.4, -0.2) is 0 Å². The van der Waals surface area contributed by atoms with Crippen LogP contribution in [0.5, 0.6) is 0 Å². The van der Waals surface area contributed by atoms with E-state index in [0.29, 0.717) is 0 Å². The molecule has 0 unspecified atom stereocenters. The molecular formula is C50H62O2. The standard InChI is InChI=1S/C50H62O2/c1-3-5-7-9-11-13-15-17-19-21-23-37-25-27-39-31-43-45-35-50-46(36-49(45)51-47(43)33-41(39)29-37)44-32-40-28-26-38(30-42(40)34-48(44)52-50)24-22-20-18-16-14-12-10-8-6-4-2/h25-36H,3-24H2,1-2H3. The molecule has 0 saturated heterocycles. The normalized spacial score (nSPS) is 12.2. The number of aryl methyl sites for hydroxylation is 2. The van der Waals surface area contributed by atoms with Crippen LogP contribution in [0, 0.1) is 0 Å². The molecule has 0 bridgehead atoms. The molecule has 0 N–H and O–H groups in total. The molecule has 5 aromatic carbocycles. The Bertz CT molecular complexity index is 2040. The van der Waals surface area contributed by atoms with Crippen LogP contribution in [0.25, 0.3) is 65.4 Å². The molecule has 7 rings (SSSR count). The largest absolute Gasteiger partial charge is 0.456 e. The van der Waals surface area contributed by atoms with E-state index in [2.05, 4.69) is 86.6 Å². The van der Waals surface area contributed by atoms with Gasteiger partial charge in [-0.15, -0.1) is 0 Å². The molecule has 7 aromatic rings. The highest BCUT2D eigenvalue weighted by molar-refractivity contribution is 6.18. The predicted octanol–water partition coefficient (Wildman–Crippen LogP) is 16.7. The first kappa shape index (κ1) is 36.6. The van der Waals surface area contributed by atoms with Crippen molar-refractivity contribution in [3.8, 4) is 0 Å². The first-order chi connectivity index (χ1) is 25.7. The van der Waals surface area contributed by atoms with Crippen molar-refractivity contribution in [1.29, 1.82) is 0 Å². The lowest BCUT2D eigenvalue weighted by atomic mass is 9.99. The highest BCUT2D eigenvalue weighted by atomic mass is 16.3. The predicted molar refractivity (Wildman–Crippen MR) is 227 cm³/mol. The maximum absolute atomic E-state index is 6.54. The molecule has 0 aliphatic carbocycles. The molecule has 0 aliphatic heterocycles. The molecule has 0 amide bonds. The van der Waals surface area contributed by atoms with Crippen molar-refractivity contribution in [2.24, 2.45) is 0 Å². The summed E-state index contributed by atoms with van der Waals surface area (Å²) in [4.78, 5) is 0. The first-order valence-corrected chi connectivity index (χ1v) is 21.4.